The molecular weight excluding hydrogens is 150 g/mol. The Balaban J connectivity index is 2.44. The molecule has 0 bridgehead atoms. The van der Waals surface area contributed by atoms with Crippen molar-refractivity contribution in [3.05, 3.63) is 12.8 Å². The predicted molar refractivity (Wildman–Crippen MR) is 51.4 cm³/mol. The second-order valence-electron chi connectivity index (χ2n) is 3.37. The lowest BCUT2D eigenvalue weighted by Crippen LogP contribution is -2.32. The van der Waals surface area contributed by atoms with Crippen LogP contribution in [0.25, 0.3) is 0 Å². The molecule has 1 rings (SSSR count). The van der Waals surface area contributed by atoms with E-state index in [1.807, 2.05) is 6.21 Å². The first-order valence-electron chi connectivity index (χ1n) is 4.53. The molecule has 0 unspecified atom stereocenters. The van der Waals surface area contributed by atoms with E-state index >= 15 is 0 Å². The fraction of sp³-hybridized carbons (Fsp3) is 0.700. The standard InChI is InChI=1S/C10H17NO/c1-4-11-7-10-6-5-8(2)12-9(10)3/h4,7-10H,1,5-6H2,2-3H3/t8-,9+,10+/m0/s1. The van der Waals surface area contributed by atoms with Crippen molar-refractivity contribution in [2.45, 2.75) is 38.9 Å². The van der Waals surface area contributed by atoms with Gasteiger partial charge >= 0.3 is 0 Å². The summed E-state index contributed by atoms with van der Waals surface area (Å²) in [6.07, 6.45) is 6.55. The Morgan fingerprint density at radius 1 is 1.42 bits per heavy atom. The molecule has 0 spiro atoms. The first-order valence-corrected chi connectivity index (χ1v) is 4.53. The largest absolute Gasteiger partial charge is 0.375 e. The zero-order chi connectivity index (χ0) is 8.97. The fourth-order valence-corrected chi connectivity index (χ4v) is 1.56. The van der Waals surface area contributed by atoms with Gasteiger partial charge in [0.05, 0.1) is 12.2 Å². The van der Waals surface area contributed by atoms with E-state index in [0.29, 0.717) is 18.1 Å². The summed E-state index contributed by atoms with van der Waals surface area (Å²) in [5.41, 5.74) is 0. The van der Waals surface area contributed by atoms with E-state index in [-0.39, 0.29) is 0 Å². The van der Waals surface area contributed by atoms with Crippen molar-refractivity contribution < 1.29 is 4.74 Å². The molecule has 68 valence electrons. The highest BCUT2D eigenvalue weighted by Crippen LogP contribution is 2.23. The van der Waals surface area contributed by atoms with Gasteiger partial charge in [-0.15, -0.1) is 0 Å². The molecule has 2 heteroatoms. The SMILES string of the molecule is C=CN=C[C@H]1CC[C@H](C)O[C@@H]1C. The van der Waals surface area contributed by atoms with Gasteiger partial charge in [0.25, 0.3) is 0 Å². The maximum Gasteiger partial charge on any atom is 0.0628 e. The third-order valence-electron chi connectivity index (χ3n) is 2.34. The van der Waals surface area contributed by atoms with Crippen molar-refractivity contribution in [2.24, 2.45) is 10.9 Å². The molecule has 0 N–H and O–H groups in total. The molecule has 0 aromatic heterocycles. The van der Waals surface area contributed by atoms with Gasteiger partial charge in [-0.1, -0.05) is 6.58 Å². The average molecular weight is 167 g/mol. The molecule has 1 heterocycles. The molecule has 0 saturated carbocycles. The molecule has 2 nitrogen and oxygen atoms in total. The minimum atomic E-state index is 0.303. The number of ether oxygens (including phenoxy) is 1. The third kappa shape index (κ3) is 2.45. The van der Waals surface area contributed by atoms with Crippen LogP contribution >= 0.6 is 0 Å². The highest BCUT2D eigenvalue weighted by Gasteiger charge is 2.23. The Morgan fingerprint density at radius 3 is 2.75 bits per heavy atom. The van der Waals surface area contributed by atoms with Crippen LogP contribution in [0, 0.1) is 5.92 Å². The van der Waals surface area contributed by atoms with Crippen molar-refractivity contribution in [1.82, 2.24) is 0 Å². The number of hydrogen-bond donors (Lipinski definition) is 0. The van der Waals surface area contributed by atoms with Gasteiger partial charge in [-0.05, 0) is 26.7 Å². The Labute approximate surface area is 74.3 Å². The summed E-state index contributed by atoms with van der Waals surface area (Å²) in [6, 6.07) is 0. The van der Waals surface area contributed by atoms with Gasteiger partial charge in [-0.2, -0.15) is 0 Å². The molecule has 1 aliphatic rings. The van der Waals surface area contributed by atoms with Crippen molar-refractivity contribution in [1.29, 1.82) is 0 Å². The van der Waals surface area contributed by atoms with Crippen LogP contribution in [0.4, 0.5) is 0 Å². The van der Waals surface area contributed by atoms with Gasteiger partial charge < -0.3 is 4.74 Å². The van der Waals surface area contributed by atoms with Gasteiger partial charge in [0.2, 0.25) is 0 Å². The van der Waals surface area contributed by atoms with Crippen LogP contribution in [0.5, 0.6) is 0 Å². The fourth-order valence-electron chi connectivity index (χ4n) is 1.56. The van der Waals surface area contributed by atoms with Crippen LogP contribution in [0.3, 0.4) is 0 Å². The van der Waals surface area contributed by atoms with E-state index in [1.165, 1.54) is 6.42 Å². The topological polar surface area (TPSA) is 21.6 Å². The van der Waals surface area contributed by atoms with Crippen molar-refractivity contribution in [3.8, 4) is 0 Å². The maximum atomic E-state index is 5.67. The van der Waals surface area contributed by atoms with Crippen LogP contribution < -0.4 is 0 Å². The smallest absolute Gasteiger partial charge is 0.0628 e. The molecule has 1 aliphatic heterocycles. The van der Waals surface area contributed by atoms with Gasteiger partial charge in [0.1, 0.15) is 0 Å². The van der Waals surface area contributed by atoms with Crippen molar-refractivity contribution >= 4 is 6.21 Å². The minimum absolute atomic E-state index is 0.303. The van der Waals surface area contributed by atoms with E-state index in [4.69, 9.17) is 4.74 Å². The van der Waals surface area contributed by atoms with Crippen molar-refractivity contribution in [2.75, 3.05) is 0 Å². The number of rotatable bonds is 2. The molecule has 1 saturated heterocycles. The highest BCUT2D eigenvalue weighted by molar-refractivity contribution is 5.62. The molecule has 0 aromatic rings. The first kappa shape index (κ1) is 9.46. The molecule has 0 aromatic carbocycles. The zero-order valence-corrected chi connectivity index (χ0v) is 7.86. The summed E-state index contributed by atoms with van der Waals surface area (Å²) in [7, 11) is 0. The lowest BCUT2D eigenvalue weighted by atomic mass is 9.94. The third-order valence-corrected chi connectivity index (χ3v) is 2.34. The normalized spacial score (nSPS) is 37.0. The number of nitrogens with zero attached hydrogens (tertiary/aromatic N) is 1. The van der Waals surface area contributed by atoms with E-state index in [9.17, 15) is 0 Å². The lowest BCUT2D eigenvalue weighted by Gasteiger charge is -2.30. The lowest BCUT2D eigenvalue weighted by molar-refractivity contribution is -0.0456. The monoisotopic (exact) mass is 167 g/mol. The Morgan fingerprint density at radius 2 is 2.17 bits per heavy atom. The van der Waals surface area contributed by atoms with E-state index in [2.05, 4.69) is 25.4 Å². The quantitative estimate of drug-likeness (QED) is 0.579. The van der Waals surface area contributed by atoms with Gasteiger partial charge in [-0.3, -0.25) is 4.99 Å². The molecule has 0 radical (unpaired) electrons. The van der Waals surface area contributed by atoms with Crippen LogP contribution in [-0.2, 0) is 4.74 Å². The molecule has 12 heavy (non-hydrogen) atoms. The molecule has 0 aliphatic carbocycles. The molecule has 1 fully saturated rings. The van der Waals surface area contributed by atoms with Gasteiger partial charge in [0.15, 0.2) is 0 Å². The molecule has 3 atom stereocenters. The minimum Gasteiger partial charge on any atom is -0.375 e. The maximum absolute atomic E-state index is 5.67. The van der Waals surface area contributed by atoms with E-state index in [0.717, 1.165) is 6.42 Å². The van der Waals surface area contributed by atoms with Gasteiger partial charge in [-0.25, -0.2) is 0 Å². The van der Waals surface area contributed by atoms with Gasteiger partial charge in [0, 0.05) is 18.3 Å². The Bertz CT molecular complexity index is 177. The number of hydrogen-bond acceptors (Lipinski definition) is 2. The molecular formula is C10H17NO. The van der Waals surface area contributed by atoms with Crippen LogP contribution in [0.2, 0.25) is 0 Å². The second-order valence-corrected chi connectivity index (χ2v) is 3.37. The first-order chi connectivity index (χ1) is 5.74. The average Bonchev–Trinajstić information content (AvgIpc) is 2.03. The Kier molecular flexibility index (Phi) is 3.48. The number of aliphatic imine (C=N–C) groups is 1. The van der Waals surface area contributed by atoms with Crippen molar-refractivity contribution in [3.63, 3.8) is 0 Å². The summed E-state index contributed by atoms with van der Waals surface area (Å²) in [5.74, 6) is 0.471. The summed E-state index contributed by atoms with van der Waals surface area (Å²) in [5, 5.41) is 0. The van der Waals surface area contributed by atoms with E-state index < -0.39 is 0 Å². The molecule has 0 amide bonds. The van der Waals surface area contributed by atoms with Crippen LogP contribution in [-0.4, -0.2) is 18.4 Å². The predicted octanol–water partition coefficient (Wildman–Crippen LogP) is 2.40. The second kappa shape index (κ2) is 4.41. The summed E-state index contributed by atoms with van der Waals surface area (Å²) in [6.45, 7) is 7.78. The zero-order valence-electron chi connectivity index (χ0n) is 7.86. The highest BCUT2D eigenvalue weighted by atomic mass is 16.5. The van der Waals surface area contributed by atoms with Crippen LogP contribution in [0.15, 0.2) is 17.8 Å². The van der Waals surface area contributed by atoms with Crippen LogP contribution in [0.1, 0.15) is 26.7 Å². The Hall–Kier alpha value is -0.630. The summed E-state index contributed by atoms with van der Waals surface area (Å²) < 4.78 is 5.67. The van der Waals surface area contributed by atoms with E-state index in [1.54, 1.807) is 6.20 Å². The summed E-state index contributed by atoms with van der Waals surface area (Å²) >= 11 is 0. The summed E-state index contributed by atoms with van der Waals surface area (Å²) in [4.78, 5) is 4.03.